The maximum Gasteiger partial charge on any atom is 0.0755 e. The average Bonchev–Trinajstić information content (AvgIpc) is 3.95. The number of fused-ring (bicyclic) bond motifs is 15. The fraction of sp³-hybridized carbons (Fsp3) is 0.0625. The molecule has 0 fully saturated rings. The molecule has 2 aliphatic carbocycles. The van der Waals surface area contributed by atoms with Gasteiger partial charge in [0.25, 0.3) is 0 Å². The smallest absolute Gasteiger partial charge is 0.0755 e. The summed E-state index contributed by atoms with van der Waals surface area (Å²) in [6, 6.07) is 86.5. The van der Waals surface area contributed by atoms with Gasteiger partial charge >= 0.3 is 0 Å². The fourth-order valence-electron chi connectivity index (χ4n) is 12.4. The summed E-state index contributed by atoms with van der Waals surface area (Å²) < 4.78 is 2.55. The van der Waals surface area contributed by atoms with Gasteiger partial charge in [0, 0.05) is 33.1 Å². The van der Waals surface area contributed by atoms with Crippen LogP contribution in [0.15, 0.2) is 231 Å². The van der Waals surface area contributed by atoms with Crippen LogP contribution in [0.1, 0.15) is 47.2 Å². The Hall–Kier alpha value is -8.20. The Morgan fingerprint density at radius 1 is 0.348 bits per heavy atom. The second kappa shape index (κ2) is 13.7. The van der Waals surface area contributed by atoms with Crippen LogP contribution in [0.25, 0.3) is 72.0 Å². The van der Waals surface area contributed by atoms with Gasteiger partial charge < -0.3 is 9.47 Å². The van der Waals surface area contributed by atoms with E-state index in [-0.39, 0.29) is 5.41 Å². The third-order valence-corrected chi connectivity index (χ3v) is 15.2. The van der Waals surface area contributed by atoms with Crippen LogP contribution >= 0.6 is 0 Å². The van der Waals surface area contributed by atoms with Crippen molar-refractivity contribution in [2.24, 2.45) is 0 Å². The highest BCUT2D eigenvalue weighted by Gasteiger charge is 2.51. The molecule has 1 aromatic heterocycles. The normalized spacial score (nSPS) is 14.2. The molecule has 0 bridgehead atoms. The zero-order valence-electron chi connectivity index (χ0n) is 36.8. The number of nitrogens with zero attached hydrogens (tertiary/aromatic N) is 2. The lowest BCUT2D eigenvalue weighted by molar-refractivity contribution is 0.660. The summed E-state index contributed by atoms with van der Waals surface area (Å²) in [6.45, 7) is 4.77. The summed E-state index contributed by atoms with van der Waals surface area (Å²) in [7, 11) is 0. The number of hydrogen-bond acceptors (Lipinski definition) is 1. The van der Waals surface area contributed by atoms with E-state index in [1.807, 2.05) is 0 Å². The van der Waals surface area contributed by atoms with Crippen LogP contribution in [0.3, 0.4) is 0 Å². The Morgan fingerprint density at radius 3 is 1.68 bits per heavy atom. The van der Waals surface area contributed by atoms with Gasteiger partial charge in [-0.1, -0.05) is 196 Å². The minimum Gasteiger partial charge on any atom is -0.310 e. The van der Waals surface area contributed by atoms with Crippen LogP contribution in [-0.2, 0) is 10.8 Å². The zero-order valence-corrected chi connectivity index (χ0v) is 36.8. The van der Waals surface area contributed by atoms with E-state index < -0.39 is 5.41 Å². The van der Waals surface area contributed by atoms with Gasteiger partial charge in [-0.3, -0.25) is 0 Å². The minimum absolute atomic E-state index is 0.175. The van der Waals surface area contributed by atoms with Crippen LogP contribution in [-0.4, -0.2) is 4.57 Å². The van der Waals surface area contributed by atoms with E-state index in [9.17, 15) is 0 Å². The molecule has 14 rings (SSSR count). The fourth-order valence-corrected chi connectivity index (χ4v) is 12.4. The molecule has 0 amide bonds. The quantitative estimate of drug-likeness (QED) is 0.168. The Bertz CT molecular complexity index is 3760. The molecule has 2 heteroatoms. The predicted molar refractivity (Wildman–Crippen MR) is 275 cm³/mol. The maximum atomic E-state index is 2.56. The number of hydrogen-bond donors (Lipinski definition) is 0. The Morgan fingerprint density at radius 2 is 0.909 bits per heavy atom. The molecule has 1 aliphatic heterocycles. The lowest BCUT2D eigenvalue weighted by atomic mass is 9.65. The van der Waals surface area contributed by atoms with Crippen LogP contribution in [0, 0.1) is 0 Å². The van der Waals surface area contributed by atoms with E-state index in [0.29, 0.717) is 0 Å². The van der Waals surface area contributed by atoms with Crippen molar-refractivity contribution in [3.8, 4) is 50.2 Å². The molecule has 11 aromatic rings. The van der Waals surface area contributed by atoms with Crippen molar-refractivity contribution in [3.05, 3.63) is 264 Å². The third kappa shape index (κ3) is 4.91. The van der Waals surface area contributed by atoms with Gasteiger partial charge in [0.15, 0.2) is 0 Å². The molecule has 3 aliphatic rings. The summed E-state index contributed by atoms with van der Waals surface area (Å²) in [6.07, 6.45) is 0. The summed E-state index contributed by atoms with van der Waals surface area (Å²) in [4.78, 5) is 2.56. The molecule has 1 spiro atoms. The number of anilines is 3. The van der Waals surface area contributed by atoms with Gasteiger partial charge in [0.05, 0.1) is 27.8 Å². The maximum absolute atomic E-state index is 2.56. The molecular weight excluding hydrogens is 797 g/mol. The van der Waals surface area contributed by atoms with E-state index in [1.54, 1.807) is 0 Å². The highest BCUT2D eigenvalue weighted by molar-refractivity contribution is 6.14. The monoisotopic (exact) mass is 840 g/mol. The molecule has 10 aromatic carbocycles. The second-order valence-corrected chi connectivity index (χ2v) is 18.8. The number of aromatic nitrogens is 1. The molecule has 0 unspecified atom stereocenters. The molecule has 0 saturated carbocycles. The standard InChI is InChI=1S/C64H44N2/c1-63(2)53-28-11-6-24-47(53)50-36-35-44(39-57(50)63)65(59-32-15-9-23-46(59)43-22-18-21-42(37-43)41-19-4-3-5-20-41)45-38-52-51-27-10-16-33-60(51)66-61-34-17-14-31-56(61)64(58(40-45)62(52)66)54-29-12-7-25-48(54)49-26-8-13-30-55(49)64/h3-40H,1-2H3. The summed E-state index contributed by atoms with van der Waals surface area (Å²) in [5.41, 5.74) is 24.3. The van der Waals surface area contributed by atoms with Crippen molar-refractivity contribution in [1.29, 1.82) is 0 Å². The lowest BCUT2D eigenvalue weighted by Gasteiger charge is -2.40. The predicted octanol–water partition coefficient (Wildman–Crippen LogP) is 16.6. The second-order valence-electron chi connectivity index (χ2n) is 18.8. The topological polar surface area (TPSA) is 8.17 Å². The highest BCUT2D eigenvalue weighted by Crippen LogP contribution is 2.62. The van der Waals surface area contributed by atoms with E-state index >= 15 is 0 Å². The van der Waals surface area contributed by atoms with Crippen LogP contribution in [0.4, 0.5) is 17.1 Å². The largest absolute Gasteiger partial charge is 0.310 e. The minimum atomic E-state index is -0.570. The summed E-state index contributed by atoms with van der Waals surface area (Å²) in [5.74, 6) is 0. The van der Waals surface area contributed by atoms with Crippen molar-refractivity contribution in [1.82, 2.24) is 4.57 Å². The molecule has 0 N–H and O–H groups in total. The molecule has 66 heavy (non-hydrogen) atoms. The Balaban J connectivity index is 1.11. The number of para-hydroxylation sites is 3. The summed E-state index contributed by atoms with van der Waals surface area (Å²) in [5, 5.41) is 2.49. The van der Waals surface area contributed by atoms with Gasteiger partial charge in [-0.15, -0.1) is 0 Å². The lowest BCUT2D eigenvalue weighted by Crippen LogP contribution is -2.33. The van der Waals surface area contributed by atoms with Crippen molar-refractivity contribution >= 4 is 38.9 Å². The summed E-state index contributed by atoms with van der Waals surface area (Å²) >= 11 is 0. The van der Waals surface area contributed by atoms with Crippen molar-refractivity contribution in [3.63, 3.8) is 0 Å². The SMILES string of the molecule is CC1(C)c2ccccc2-c2ccc(N(c3cc4c5c(c3)c3ccccc3n5-c3ccccc3C43c4ccccc4-c4ccccc43)c3ccccc3-c3cccc(-c4ccccc4)c3)cc21. The first kappa shape index (κ1) is 37.2. The first-order chi connectivity index (χ1) is 32.5. The van der Waals surface area contributed by atoms with Gasteiger partial charge in [-0.25, -0.2) is 0 Å². The molecule has 0 radical (unpaired) electrons. The van der Waals surface area contributed by atoms with Crippen molar-refractivity contribution in [2.75, 3.05) is 4.90 Å². The first-order valence-electron chi connectivity index (χ1n) is 23.2. The first-order valence-corrected chi connectivity index (χ1v) is 23.2. The van der Waals surface area contributed by atoms with Crippen LogP contribution in [0.5, 0.6) is 0 Å². The van der Waals surface area contributed by atoms with E-state index in [0.717, 1.165) is 17.1 Å². The van der Waals surface area contributed by atoms with Gasteiger partial charge in [-0.2, -0.15) is 0 Å². The molecule has 2 heterocycles. The number of benzene rings is 10. The molecule has 0 saturated heterocycles. The highest BCUT2D eigenvalue weighted by atomic mass is 15.1. The van der Waals surface area contributed by atoms with Crippen LogP contribution in [0.2, 0.25) is 0 Å². The average molecular weight is 841 g/mol. The van der Waals surface area contributed by atoms with E-state index in [4.69, 9.17) is 0 Å². The molecule has 0 atom stereocenters. The van der Waals surface area contributed by atoms with Crippen molar-refractivity contribution < 1.29 is 0 Å². The molecular formula is C64H44N2. The molecule has 2 nitrogen and oxygen atoms in total. The van der Waals surface area contributed by atoms with Crippen LogP contribution < -0.4 is 4.90 Å². The van der Waals surface area contributed by atoms with E-state index in [2.05, 4.69) is 254 Å². The Kier molecular flexibility index (Phi) is 7.70. The number of rotatable bonds is 5. The third-order valence-electron chi connectivity index (χ3n) is 15.2. The van der Waals surface area contributed by atoms with E-state index in [1.165, 1.54) is 105 Å². The molecule has 310 valence electrons. The van der Waals surface area contributed by atoms with Gasteiger partial charge in [0.1, 0.15) is 0 Å². The zero-order chi connectivity index (χ0) is 43.7. The van der Waals surface area contributed by atoms with Crippen molar-refractivity contribution in [2.45, 2.75) is 24.7 Å². The Labute approximate surface area is 385 Å². The van der Waals surface area contributed by atoms with Gasteiger partial charge in [0.2, 0.25) is 0 Å². The van der Waals surface area contributed by atoms with Gasteiger partial charge in [-0.05, 0) is 121 Å².